The second-order valence-corrected chi connectivity index (χ2v) is 10.6. The predicted molar refractivity (Wildman–Crippen MR) is 161 cm³/mol. The minimum Gasteiger partial charge on any atom is -0.490 e. The average Bonchev–Trinajstić information content (AvgIpc) is 3.30. The van der Waals surface area contributed by atoms with Gasteiger partial charge < -0.3 is 14.2 Å². The van der Waals surface area contributed by atoms with Gasteiger partial charge in [0.2, 0.25) is 0 Å². The molecule has 0 N–H and O–H groups in total. The van der Waals surface area contributed by atoms with Crippen LogP contribution in [0.1, 0.15) is 60.2 Å². The topological polar surface area (TPSA) is 91.3 Å². The van der Waals surface area contributed by atoms with Gasteiger partial charge in [0.25, 0.3) is 0 Å². The van der Waals surface area contributed by atoms with Crippen molar-refractivity contribution in [2.75, 3.05) is 13.2 Å². The van der Waals surface area contributed by atoms with Crippen molar-refractivity contribution in [2.24, 2.45) is 16.8 Å². The molecule has 5 rings (SSSR count). The van der Waals surface area contributed by atoms with Crippen LogP contribution in [0.2, 0.25) is 0 Å². The Morgan fingerprint density at radius 1 is 0.929 bits per heavy atom. The molecule has 0 spiro atoms. The van der Waals surface area contributed by atoms with E-state index in [9.17, 15) is 14.4 Å². The van der Waals surface area contributed by atoms with E-state index in [0.717, 1.165) is 28.7 Å². The van der Waals surface area contributed by atoms with E-state index in [1.807, 2.05) is 80.6 Å². The van der Waals surface area contributed by atoms with Crippen LogP contribution in [0.15, 0.2) is 83.4 Å². The van der Waals surface area contributed by atoms with Gasteiger partial charge in [0.05, 0.1) is 31.1 Å². The maximum absolute atomic E-state index is 14.0. The molecule has 0 bridgehead atoms. The molecule has 0 saturated heterocycles. The van der Waals surface area contributed by atoms with E-state index in [2.05, 4.69) is 0 Å². The fraction of sp³-hybridized carbons (Fsp3) is 0.314. The molecular formula is C35H35NO6. The summed E-state index contributed by atoms with van der Waals surface area (Å²) in [6, 6.07) is 22.3. The van der Waals surface area contributed by atoms with Crippen molar-refractivity contribution < 1.29 is 28.6 Å². The molecular weight excluding hydrogens is 530 g/mol. The highest BCUT2D eigenvalue weighted by atomic mass is 16.5. The molecule has 1 aliphatic heterocycles. The van der Waals surface area contributed by atoms with Crippen LogP contribution < -0.4 is 9.47 Å². The third-order valence-electron chi connectivity index (χ3n) is 7.83. The zero-order valence-electron chi connectivity index (χ0n) is 24.1. The van der Waals surface area contributed by atoms with Crippen LogP contribution in [0.25, 0.3) is 6.08 Å². The molecule has 7 nitrogen and oxygen atoms in total. The molecule has 216 valence electrons. The number of esters is 1. The van der Waals surface area contributed by atoms with E-state index >= 15 is 0 Å². The molecule has 1 fully saturated rings. The van der Waals surface area contributed by atoms with Gasteiger partial charge in [0.1, 0.15) is 12.9 Å². The molecule has 3 aromatic carbocycles. The highest BCUT2D eigenvalue weighted by molar-refractivity contribution is 6.23. The summed E-state index contributed by atoms with van der Waals surface area (Å²) in [5.74, 6) is -0.561. The summed E-state index contributed by atoms with van der Waals surface area (Å²) in [7, 11) is 0. The van der Waals surface area contributed by atoms with Crippen molar-refractivity contribution in [2.45, 2.75) is 45.8 Å². The number of rotatable bonds is 10. The summed E-state index contributed by atoms with van der Waals surface area (Å²) in [6.07, 6.45) is 3.13. The summed E-state index contributed by atoms with van der Waals surface area (Å²) in [5, 5.41) is 0. The van der Waals surface area contributed by atoms with Crippen LogP contribution in [-0.2, 0) is 20.9 Å². The fourth-order valence-electron chi connectivity index (χ4n) is 5.92. The number of benzene rings is 3. The first-order chi connectivity index (χ1) is 20.4. The Labute approximate surface area is 246 Å². The Kier molecular flexibility index (Phi) is 8.96. The van der Waals surface area contributed by atoms with E-state index in [4.69, 9.17) is 19.2 Å². The van der Waals surface area contributed by atoms with E-state index < -0.39 is 11.8 Å². The average molecular weight is 566 g/mol. The summed E-state index contributed by atoms with van der Waals surface area (Å²) in [4.78, 5) is 42.9. The van der Waals surface area contributed by atoms with Crippen LogP contribution in [0.4, 0.5) is 0 Å². The molecule has 1 aliphatic carbocycles. The van der Waals surface area contributed by atoms with Crippen LogP contribution in [0.5, 0.6) is 11.5 Å². The molecule has 0 aromatic heterocycles. The van der Waals surface area contributed by atoms with Crippen LogP contribution in [0.3, 0.4) is 0 Å². The third kappa shape index (κ3) is 6.05. The Balaban J connectivity index is 1.42. The van der Waals surface area contributed by atoms with E-state index in [1.54, 1.807) is 19.1 Å². The number of nitrogens with zero attached hydrogens (tertiary/aromatic N) is 1. The van der Waals surface area contributed by atoms with Crippen LogP contribution in [-0.4, -0.2) is 43.0 Å². The summed E-state index contributed by atoms with van der Waals surface area (Å²) >= 11 is 0. The highest BCUT2D eigenvalue weighted by Gasteiger charge is 2.51. The first kappa shape index (κ1) is 29.0. The number of allylic oxidation sites excluding steroid dienone is 1. The molecule has 4 atom stereocenters. The van der Waals surface area contributed by atoms with Crippen molar-refractivity contribution in [3.8, 4) is 11.5 Å². The smallest absolute Gasteiger partial charge is 0.311 e. The molecule has 1 heterocycles. The van der Waals surface area contributed by atoms with Crippen molar-refractivity contribution in [3.05, 3.63) is 101 Å². The van der Waals surface area contributed by atoms with Gasteiger partial charge in [0.15, 0.2) is 17.3 Å². The maximum atomic E-state index is 14.0. The van der Waals surface area contributed by atoms with Gasteiger partial charge in [-0.25, -0.2) is 0 Å². The quantitative estimate of drug-likeness (QED) is 0.164. The van der Waals surface area contributed by atoms with Gasteiger partial charge in [-0.3, -0.25) is 19.4 Å². The number of ether oxygens (including phenoxy) is 3. The van der Waals surface area contributed by atoms with E-state index in [0.29, 0.717) is 42.3 Å². The Hall–Kier alpha value is -4.52. The standard InChI is InChI=1S/C35H35NO6/c1-4-40-30-18-25(15-16-29(30)42-21-24-13-11-23(20-37)12-14-24)17-27-19-28-33(34(27)38)32(26-9-7-6-8-10-26)31(22(3)36-28)35(39)41-5-2/h6-18,20,22,31-33H,4-5,19,21H2,1-3H3/b27-17+. The first-order valence-electron chi connectivity index (χ1n) is 14.4. The minimum atomic E-state index is -0.542. The zero-order chi connectivity index (χ0) is 29.6. The lowest BCUT2D eigenvalue weighted by atomic mass is 9.70. The van der Waals surface area contributed by atoms with Gasteiger partial charge in [0, 0.05) is 29.2 Å². The Bertz CT molecular complexity index is 1510. The lowest BCUT2D eigenvalue weighted by molar-refractivity contribution is -0.150. The number of ketones is 1. The Morgan fingerprint density at radius 3 is 2.36 bits per heavy atom. The van der Waals surface area contributed by atoms with Gasteiger partial charge >= 0.3 is 5.97 Å². The van der Waals surface area contributed by atoms with Gasteiger partial charge in [-0.15, -0.1) is 0 Å². The SMILES string of the molecule is CCOC(=O)C1C(C)N=C2C/C(=C\c3ccc(OCc4ccc(C=O)cc4)c(OCC)c3)C(=O)C2C1c1ccccc1. The van der Waals surface area contributed by atoms with E-state index in [-0.39, 0.29) is 30.3 Å². The van der Waals surface area contributed by atoms with Gasteiger partial charge in [-0.1, -0.05) is 60.7 Å². The molecule has 42 heavy (non-hydrogen) atoms. The number of aliphatic imine (C=N–C) groups is 1. The third-order valence-corrected chi connectivity index (χ3v) is 7.83. The number of aldehydes is 1. The largest absolute Gasteiger partial charge is 0.490 e. The minimum absolute atomic E-state index is 0.0131. The zero-order valence-corrected chi connectivity index (χ0v) is 24.1. The fourth-order valence-corrected chi connectivity index (χ4v) is 5.92. The number of Topliss-reactive ketones (excluding diaryl/α,β-unsaturated/α-hetero) is 1. The molecule has 4 unspecified atom stereocenters. The first-order valence-corrected chi connectivity index (χ1v) is 14.4. The predicted octanol–water partition coefficient (Wildman–Crippen LogP) is 6.26. The summed E-state index contributed by atoms with van der Waals surface area (Å²) in [5.41, 5.74) is 4.77. The number of carbonyl (C=O) groups excluding carboxylic acids is 3. The Morgan fingerprint density at radius 2 is 1.67 bits per heavy atom. The normalized spacial score (nSPS) is 22.3. The summed E-state index contributed by atoms with van der Waals surface area (Å²) < 4.78 is 17.4. The monoisotopic (exact) mass is 565 g/mol. The van der Waals surface area contributed by atoms with Crippen molar-refractivity contribution >= 4 is 29.8 Å². The van der Waals surface area contributed by atoms with Crippen molar-refractivity contribution in [1.29, 1.82) is 0 Å². The van der Waals surface area contributed by atoms with E-state index in [1.165, 1.54) is 0 Å². The van der Waals surface area contributed by atoms with Crippen molar-refractivity contribution in [1.82, 2.24) is 0 Å². The molecule has 0 amide bonds. The highest BCUT2D eigenvalue weighted by Crippen LogP contribution is 2.46. The number of fused-ring (bicyclic) bond motifs is 1. The molecule has 2 aliphatic rings. The van der Waals surface area contributed by atoms with Crippen molar-refractivity contribution in [3.63, 3.8) is 0 Å². The maximum Gasteiger partial charge on any atom is 0.311 e. The lowest BCUT2D eigenvalue weighted by Crippen LogP contribution is -2.43. The number of hydrogen-bond acceptors (Lipinski definition) is 7. The number of hydrogen-bond donors (Lipinski definition) is 0. The molecule has 0 radical (unpaired) electrons. The summed E-state index contributed by atoms with van der Waals surface area (Å²) in [6.45, 7) is 6.67. The molecule has 7 heteroatoms. The number of carbonyl (C=O) groups is 3. The van der Waals surface area contributed by atoms with Gasteiger partial charge in [-0.05, 0) is 55.7 Å². The van der Waals surface area contributed by atoms with Gasteiger partial charge in [-0.2, -0.15) is 0 Å². The molecule has 1 saturated carbocycles. The van der Waals surface area contributed by atoms with Crippen LogP contribution >= 0.6 is 0 Å². The lowest BCUT2D eigenvalue weighted by Gasteiger charge is -2.36. The second-order valence-electron chi connectivity index (χ2n) is 10.6. The van der Waals surface area contributed by atoms with Crippen LogP contribution in [0, 0.1) is 11.8 Å². The molecule has 3 aromatic rings. The second kappa shape index (κ2) is 13.0.